The highest BCUT2D eigenvalue weighted by atomic mass is 16.4. The molecule has 3 N–H and O–H groups in total. The van der Waals surface area contributed by atoms with Crippen molar-refractivity contribution in [2.45, 2.75) is 19.8 Å². The molecule has 1 heterocycles. The van der Waals surface area contributed by atoms with Crippen molar-refractivity contribution in [3.05, 3.63) is 29.8 Å². The van der Waals surface area contributed by atoms with Crippen LogP contribution < -0.4 is 10.6 Å². The van der Waals surface area contributed by atoms with Crippen LogP contribution in [0.15, 0.2) is 24.3 Å². The van der Waals surface area contributed by atoms with Crippen LogP contribution in [0, 0.1) is 5.41 Å². The van der Waals surface area contributed by atoms with Gasteiger partial charge >= 0.3 is 5.97 Å². The van der Waals surface area contributed by atoms with Crippen LogP contribution in [0.3, 0.4) is 0 Å². The van der Waals surface area contributed by atoms with Crippen LogP contribution in [0.2, 0.25) is 0 Å². The van der Waals surface area contributed by atoms with E-state index in [1.165, 1.54) is 0 Å². The highest BCUT2D eigenvalue weighted by Crippen LogP contribution is 2.36. The van der Waals surface area contributed by atoms with Crippen LogP contribution >= 0.6 is 0 Å². The number of nitrogens with zero attached hydrogens (tertiary/aromatic N) is 1. The summed E-state index contributed by atoms with van der Waals surface area (Å²) in [6.45, 7) is 3.14. The number of anilines is 1. The van der Waals surface area contributed by atoms with E-state index in [4.69, 9.17) is 5.73 Å². The molecule has 102 valence electrons. The Balaban J connectivity index is 2.16. The maximum Gasteiger partial charge on any atom is 0.311 e. The Morgan fingerprint density at radius 1 is 1.37 bits per heavy atom. The van der Waals surface area contributed by atoms with E-state index in [-0.39, 0.29) is 0 Å². The average molecular weight is 262 g/mol. The van der Waals surface area contributed by atoms with Gasteiger partial charge in [-0.2, -0.15) is 0 Å². The van der Waals surface area contributed by atoms with Gasteiger partial charge in [0.1, 0.15) is 0 Å². The second-order valence-corrected chi connectivity index (χ2v) is 5.02. The van der Waals surface area contributed by atoms with Gasteiger partial charge in [-0.05, 0) is 37.1 Å². The van der Waals surface area contributed by atoms with Crippen LogP contribution in [0.25, 0.3) is 0 Å². The van der Waals surface area contributed by atoms with Gasteiger partial charge < -0.3 is 15.7 Å². The summed E-state index contributed by atoms with van der Waals surface area (Å²) < 4.78 is 0. The number of nitrogens with two attached hydrogens (primary N) is 1. The first kappa shape index (κ1) is 13.4. The average Bonchev–Trinajstić information content (AvgIpc) is 2.84. The summed E-state index contributed by atoms with van der Waals surface area (Å²) in [5.74, 6) is -1.19. The molecule has 1 aromatic rings. The standard InChI is InChI=1S/C14H18N2O3/c1-2-14(13(18)19)7-8-16(9-14)11-5-3-10(4-6-11)12(15)17/h3-6H,2,7-9H2,1H3,(H2,15,17)(H,18,19). The number of benzene rings is 1. The molecule has 5 nitrogen and oxygen atoms in total. The molecule has 0 bridgehead atoms. The molecule has 1 saturated heterocycles. The zero-order chi connectivity index (χ0) is 14.0. The van der Waals surface area contributed by atoms with Crippen molar-refractivity contribution in [2.24, 2.45) is 11.1 Å². The molecule has 0 aromatic heterocycles. The monoisotopic (exact) mass is 262 g/mol. The Bertz CT molecular complexity index is 498. The summed E-state index contributed by atoms with van der Waals surface area (Å²) in [6.07, 6.45) is 1.27. The number of primary amides is 1. The lowest BCUT2D eigenvalue weighted by atomic mass is 9.84. The first-order valence-electron chi connectivity index (χ1n) is 6.37. The highest BCUT2D eigenvalue weighted by molar-refractivity contribution is 5.93. The molecule has 1 fully saturated rings. The summed E-state index contributed by atoms with van der Waals surface area (Å²) in [5, 5.41) is 9.36. The fraction of sp³-hybridized carbons (Fsp3) is 0.429. The smallest absolute Gasteiger partial charge is 0.311 e. The van der Waals surface area contributed by atoms with E-state index >= 15 is 0 Å². The third-order valence-electron chi connectivity index (χ3n) is 4.00. The quantitative estimate of drug-likeness (QED) is 0.860. The van der Waals surface area contributed by atoms with Gasteiger partial charge in [0.15, 0.2) is 0 Å². The van der Waals surface area contributed by atoms with Crippen molar-refractivity contribution in [1.29, 1.82) is 0 Å². The third-order valence-corrected chi connectivity index (χ3v) is 4.00. The molecule has 19 heavy (non-hydrogen) atoms. The second-order valence-electron chi connectivity index (χ2n) is 5.02. The molecule has 0 radical (unpaired) electrons. The van der Waals surface area contributed by atoms with E-state index in [9.17, 15) is 14.7 Å². The predicted octanol–water partition coefficient (Wildman–Crippen LogP) is 1.48. The molecular formula is C14H18N2O3. The zero-order valence-electron chi connectivity index (χ0n) is 10.9. The molecule has 1 aromatic carbocycles. The van der Waals surface area contributed by atoms with Gasteiger partial charge in [0.2, 0.25) is 5.91 Å². The Kier molecular flexibility index (Phi) is 3.46. The lowest BCUT2D eigenvalue weighted by Gasteiger charge is -2.24. The van der Waals surface area contributed by atoms with Crippen LogP contribution in [-0.4, -0.2) is 30.1 Å². The van der Waals surface area contributed by atoms with Gasteiger partial charge in [0.25, 0.3) is 0 Å². The van der Waals surface area contributed by atoms with Crippen molar-refractivity contribution in [3.8, 4) is 0 Å². The van der Waals surface area contributed by atoms with Crippen molar-refractivity contribution >= 4 is 17.6 Å². The van der Waals surface area contributed by atoms with Crippen molar-refractivity contribution in [1.82, 2.24) is 0 Å². The van der Waals surface area contributed by atoms with Gasteiger partial charge in [-0.15, -0.1) is 0 Å². The summed E-state index contributed by atoms with van der Waals surface area (Å²) in [6, 6.07) is 6.97. The summed E-state index contributed by atoms with van der Waals surface area (Å²) >= 11 is 0. The lowest BCUT2D eigenvalue weighted by Crippen LogP contribution is -2.34. The Morgan fingerprint density at radius 2 is 2.00 bits per heavy atom. The summed E-state index contributed by atoms with van der Waals surface area (Å²) in [5.41, 5.74) is 5.93. The van der Waals surface area contributed by atoms with Crippen molar-refractivity contribution in [2.75, 3.05) is 18.0 Å². The molecule has 2 rings (SSSR count). The van der Waals surface area contributed by atoms with E-state index in [2.05, 4.69) is 0 Å². The molecule has 0 saturated carbocycles. The van der Waals surface area contributed by atoms with Crippen LogP contribution in [0.5, 0.6) is 0 Å². The number of amides is 1. The van der Waals surface area contributed by atoms with E-state index in [1.54, 1.807) is 12.1 Å². The molecule has 1 unspecified atom stereocenters. The summed E-state index contributed by atoms with van der Waals surface area (Å²) in [4.78, 5) is 24.4. The number of rotatable bonds is 4. The molecule has 0 aliphatic carbocycles. The van der Waals surface area contributed by atoms with Gasteiger partial charge in [-0.3, -0.25) is 9.59 Å². The topological polar surface area (TPSA) is 83.6 Å². The molecule has 5 heteroatoms. The minimum Gasteiger partial charge on any atom is -0.481 e. The van der Waals surface area contributed by atoms with Crippen LogP contribution in [0.1, 0.15) is 30.1 Å². The first-order valence-corrected chi connectivity index (χ1v) is 6.37. The fourth-order valence-corrected chi connectivity index (χ4v) is 2.54. The normalized spacial score (nSPS) is 22.5. The number of carbonyl (C=O) groups is 2. The maximum atomic E-state index is 11.4. The molecule has 1 amide bonds. The Labute approximate surface area is 112 Å². The van der Waals surface area contributed by atoms with E-state index in [0.717, 1.165) is 12.2 Å². The molecule has 1 atom stereocenters. The minimum atomic E-state index is -0.730. The molecule has 0 spiro atoms. The fourth-order valence-electron chi connectivity index (χ4n) is 2.54. The predicted molar refractivity (Wildman–Crippen MR) is 72.1 cm³/mol. The minimum absolute atomic E-state index is 0.457. The number of hydrogen-bond acceptors (Lipinski definition) is 3. The van der Waals surface area contributed by atoms with Gasteiger partial charge in [0.05, 0.1) is 5.41 Å². The van der Waals surface area contributed by atoms with Crippen molar-refractivity contribution < 1.29 is 14.7 Å². The number of carbonyl (C=O) groups excluding carboxylic acids is 1. The molecule has 1 aliphatic rings. The zero-order valence-corrected chi connectivity index (χ0v) is 10.9. The van der Waals surface area contributed by atoms with Crippen molar-refractivity contribution in [3.63, 3.8) is 0 Å². The SMILES string of the molecule is CCC1(C(=O)O)CCN(c2ccc(C(N)=O)cc2)C1. The van der Waals surface area contributed by atoms with Gasteiger partial charge in [-0.1, -0.05) is 6.92 Å². The van der Waals surface area contributed by atoms with E-state index < -0.39 is 17.3 Å². The number of hydrogen-bond donors (Lipinski definition) is 2. The molecular weight excluding hydrogens is 244 g/mol. The number of aliphatic carboxylic acids is 1. The first-order chi connectivity index (χ1) is 8.98. The number of carboxylic acid groups (broad SMARTS) is 1. The van der Waals surface area contributed by atoms with Crippen LogP contribution in [-0.2, 0) is 4.79 Å². The van der Waals surface area contributed by atoms with Gasteiger partial charge in [-0.25, -0.2) is 0 Å². The van der Waals surface area contributed by atoms with E-state index in [1.807, 2.05) is 24.0 Å². The molecule has 1 aliphatic heterocycles. The second kappa shape index (κ2) is 4.91. The summed E-state index contributed by atoms with van der Waals surface area (Å²) in [7, 11) is 0. The maximum absolute atomic E-state index is 11.4. The largest absolute Gasteiger partial charge is 0.481 e. The number of carboxylic acids is 1. The van der Waals surface area contributed by atoms with Gasteiger partial charge in [0, 0.05) is 24.3 Å². The lowest BCUT2D eigenvalue weighted by molar-refractivity contribution is -0.147. The Hall–Kier alpha value is -2.04. The third kappa shape index (κ3) is 2.41. The van der Waals surface area contributed by atoms with Crippen LogP contribution in [0.4, 0.5) is 5.69 Å². The highest BCUT2D eigenvalue weighted by Gasteiger charge is 2.43. The Morgan fingerprint density at radius 3 is 2.42 bits per heavy atom. The van der Waals surface area contributed by atoms with E-state index in [0.29, 0.717) is 24.9 Å².